The second kappa shape index (κ2) is 6.44. The number of para-hydroxylation sites is 1. The van der Waals surface area contributed by atoms with Crippen LogP contribution in [0.1, 0.15) is 39.0 Å². The largest absolute Gasteiger partial charge is 0.489 e. The van der Waals surface area contributed by atoms with Crippen molar-refractivity contribution in [3.05, 3.63) is 30.3 Å². The monoisotopic (exact) mass is 243 g/mol. The Morgan fingerprint density at radius 3 is 2.72 bits per heavy atom. The molecule has 0 saturated heterocycles. The summed E-state index contributed by atoms with van der Waals surface area (Å²) in [6.45, 7) is 2.23. The van der Waals surface area contributed by atoms with Crippen LogP contribution in [0.2, 0.25) is 0 Å². The van der Waals surface area contributed by atoms with E-state index in [0.717, 1.165) is 24.5 Å². The van der Waals surface area contributed by atoms with Crippen molar-refractivity contribution >= 4 is 0 Å². The van der Waals surface area contributed by atoms with Gasteiger partial charge in [0.2, 0.25) is 0 Å². The number of hydrogen-bond acceptors (Lipinski definition) is 2. The highest BCUT2D eigenvalue weighted by Gasteiger charge is 2.31. The van der Waals surface area contributed by atoms with E-state index in [4.69, 9.17) is 4.74 Å². The molecule has 0 aromatic heterocycles. The van der Waals surface area contributed by atoms with Crippen LogP contribution in [-0.2, 0) is 0 Å². The van der Waals surface area contributed by atoms with Gasteiger partial charge in [0.15, 0.2) is 0 Å². The number of benzene rings is 1. The first-order valence-corrected chi connectivity index (χ1v) is 6.94. The molecule has 2 heteroatoms. The summed E-state index contributed by atoms with van der Waals surface area (Å²) >= 11 is 0. The Morgan fingerprint density at radius 2 is 2.06 bits per heavy atom. The lowest BCUT2D eigenvalue weighted by atomic mass is 9.78. The summed E-state index contributed by atoms with van der Waals surface area (Å²) in [7, 11) is 0. The fraction of sp³-hybridized carbons (Fsp3) is 0.562. The van der Waals surface area contributed by atoms with Crippen molar-refractivity contribution < 1.29 is 4.74 Å². The first-order valence-electron chi connectivity index (χ1n) is 6.94. The van der Waals surface area contributed by atoms with Crippen molar-refractivity contribution in [1.82, 2.24) is 0 Å². The van der Waals surface area contributed by atoms with Gasteiger partial charge >= 0.3 is 0 Å². The molecule has 0 heterocycles. The molecule has 0 N–H and O–H groups in total. The lowest BCUT2D eigenvalue weighted by Gasteiger charge is -2.32. The highest BCUT2D eigenvalue weighted by atomic mass is 16.5. The maximum atomic E-state index is 9.23. The minimum absolute atomic E-state index is 0.0540. The van der Waals surface area contributed by atoms with Crippen LogP contribution in [0.3, 0.4) is 0 Å². The zero-order chi connectivity index (χ0) is 12.8. The number of hydrogen-bond donors (Lipinski definition) is 0. The Morgan fingerprint density at radius 1 is 1.28 bits per heavy atom. The van der Waals surface area contributed by atoms with Gasteiger partial charge in [-0.25, -0.2) is 0 Å². The Labute approximate surface area is 110 Å². The molecule has 0 bridgehead atoms. The minimum atomic E-state index is 0.0540. The Kier molecular flexibility index (Phi) is 4.64. The molecule has 0 aliphatic heterocycles. The third-order valence-electron chi connectivity index (χ3n) is 3.79. The fourth-order valence-corrected chi connectivity index (χ4v) is 2.83. The van der Waals surface area contributed by atoms with E-state index in [0.29, 0.717) is 0 Å². The normalized spacial score (nSPS) is 27.4. The quantitative estimate of drug-likeness (QED) is 0.795. The highest BCUT2D eigenvalue weighted by Crippen LogP contribution is 2.34. The van der Waals surface area contributed by atoms with Crippen molar-refractivity contribution in [3.63, 3.8) is 0 Å². The maximum absolute atomic E-state index is 9.23. The smallest absolute Gasteiger partial charge is 0.119 e. The number of rotatable bonds is 4. The lowest BCUT2D eigenvalue weighted by Crippen LogP contribution is -2.33. The van der Waals surface area contributed by atoms with E-state index in [1.54, 1.807) is 0 Å². The van der Waals surface area contributed by atoms with Crippen LogP contribution in [0.5, 0.6) is 5.75 Å². The second-order valence-corrected chi connectivity index (χ2v) is 5.17. The summed E-state index contributed by atoms with van der Waals surface area (Å²) in [4.78, 5) is 0. The molecule has 0 amide bonds. The van der Waals surface area contributed by atoms with Crippen LogP contribution < -0.4 is 4.74 Å². The van der Waals surface area contributed by atoms with Crippen LogP contribution in [0.4, 0.5) is 0 Å². The molecule has 1 aromatic carbocycles. The molecular formula is C16H21NO. The minimum Gasteiger partial charge on any atom is -0.489 e. The average Bonchev–Trinajstić information content (AvgIpc) is 2.41. The standard InChI is InChI=1S/C16H21NO/c1-2-6-13-9-10-14(12-17)16(11-13)18-15-7-4-3-5-8-15/h3-5,7-8,13-14,16H,2,6,9-11H2,1H3. The van der Waals surface area contributed by atoms with Gasteiger partial charge in [0.1, 0.15) is 11.9 Å². The second-order valence-electron chi connectivity index (χ2n) is 5.17. The fourth-order valence-electron chi connectivity index (χ4n) is 2.83. The molecule has 3 unspecified atom stereocenters. The molecule has 1 aliphatic rings. The van der Waals surface area contributed by atoms with Crippen molar-refractivity contribution in [3.8, 4) is 11.8 Å². The van der Waals surface area contributed by atoms with Gasteiger partial charge in [0, 0.05) is 0 Å². The third kappa shape index (κ3) is 3.26. The Balaban J connectivity index is 2.00. The van der Waals surface area contributed by atoms with E-state index in [-0.39, 0.29) is 12.0 Å². The lowest BCUT2D eigenvalue weighted by molar-refractivity contribution is 0.0875. The van der Waals surface area contributed by atoms with Crippen LogP contribution in [0.15, 0.2) is 30.3 Å². The first-order chi connectivity index (χ1) is 8.83. The molecule has 1 aromatic rings. The highest BCUT2D eigenvalue weighted by molar-refractivity contribution is 5.21. The molecule has 1 fully saturated rings. The Bertz CT molecular complexity index is 395. The van der Waals surface area contributed by atoms with Gasteiger partial charge in [-0.1, -0.05) is 38.0 Å². The van der Waals surface area contributed by atoms with Gasteiger partial charge in [-0.05, 0) is 37.3 Å². The molecule has 96 valence electrons. The van der Waals surface area contributed by atoms with Crippen molar-refractivity contribution in [2.45, 2.75) is 45.1 Å². The van der Waals surface area contributed by atoms with Crippen molar-refractivity contribution in [1.29, 1.82) is 5.26 Å². The van der Waals surface area contributed by atoms with Crippen LogP contribution in [0.25, 0.3) is 0 Å². The number of ether oxygens (including phenoxy) is 1. The molecule has 3 atom stereocenters. The summed E-state index contributed by atoms with van der Waals surface area (Å²) in [6.07, 6.45) is 5.75. The van der Waals surface area contributed by atoms with E-state index in [9.17, 15) is 5.26 Å². The molecule has 0 radical (unpaired) electrons. The predicted molar refractivity (Wildman–Crippen MR) is 72.2 cm³/mol. The van der Waals surface area contributed by atoms with E-state index in [2.05, 4.69) is 13.0 Å². The average molecular weight is 243 g/mol. The molecule has 2 nitrogen and oxygen atoms in total. The SMILES string of the molecule is CCCC1CCC(C#N)C(Oc2ccccc2)C1. The van der Waals surface area contributed by atoms with Gasteiger partial charge in [-0.3, -0.25) is 0 Å². The van der Waals surface area contributed by atoms with Crippen molar-refractivity contribution in [2.24, 2.45) is 11.8 Å². The van der Waals surface area contributed by atoms with Gasteiger partial charge in [-0.2, -0.15) is 5.26 Å². The molecule has 0 spiro atoms. The predicted octanol–water partition coefficient (Wildman–Crippen LogP) is 4.17. The molecule has 2 rings (SSSR count). The summed E-state index contributed by atoms with van der Waals surface area (Å²) in [5.41, 5.74) is 0. The van der Waals surface area contributed by atoms with Gasteiger partial charge < -0.3 is 4.74 Å². The topological polar surface area (TPSA) is 33.0 Å². The zero-order valence-electron chi connectivity index (χ0n) is 11.0. The van der Waals surface area contributed by atoms with Crippen LogP contribution in [-0.4, -0.2) is 6.10 Å². The van der Waals surface area contributed by atoms with E-state index in [1.165, 1.54) is 19.3 Å². The van der Waals surface area contributed by atoms with Crippen LogP contribution in [0, 0.1) is 23.2 Å². The van der Waals surface area contributed by atoms with Gasteiger partial charge in [-0.15, -0.1) is 0 Å². The zero-order valence-corrected chi connectivity index (χ0v) is 11.0. The maximum Gasteiger partial charge on any atom is 0.119 e. The molecule has 1 aliphatic carbocycles. The number of nitriles is 1. The summed E-state index contributed by atoms with van der Waals surface area (Å²) in [5.74, 6) is 1.67. The Hall–Kier alpha value is -1.49. The van der Waals surface area contributed by atoms with Crippen LogP contribution >= 0.6 is 0 Å². The molecule has 18 heavy (non-hydrogen) atoms. The molecule has 1 saturated carbocycles. The van der Waals surface area contributed by atoms with E-state index in [1.807, 2.05) is 30.3 Å². The summed E-state index contributed by atoms with van der Waals surface area (Å²) < 4.78 is 6.01. The van der Waals surface area contributed by atoms with E-state index < -0.39 is 0 Å². The first kappa shape index (κ1) is 13.0. The number of nitrogens with zero attached hydrogens (tertiary/aromatic N) is 1. The van der Waals surface area contributed by atoms with Gasteiger partial charge in [0.25, 0.3) is 0 Å². The van der Waals surface area contributed by atoms with E-state index >= 15 is 0 Å². The van der Waals surface area contributed by atoms with Crippen molar-refractivity contribution in [2.75, 3.05) is 0 Å². The van der Waals surface area contributed by atoms with Gasteiger partial charge in [0.05, 0.1) is 12.0 Å². The summed E-state index contributed by atoms with van der Waals surface area (Å²) in [5, 5.41) is 9.23. The molecular weight excluding hydrogens is 222 g/mol. The third-order valence-corrected chi connectivity index (χ3v) is 3.79. The summed E-state index contributed by atoms with van der Waals surface area (Å²) in [6, 6.07) is 12.3.